The summed E-state index contributed by atoms with van der Waals surface area (Å²) >= 11 is 0. The summed E-state index contributed by atoms with van der Waals surface area (Å²) in [4.78, 5) is 0. The third kappa shape index (κ3) is 4.81. The van der Waals surface area contributed by atoms with Crippen molar-refractivity contribution in [2.75, 3.05) is 33.8 Å². The monoisotopic (exact) mass is 279 g/mol. The molecule has 7 heteroatoms. The molecular weight excluding hydrogens is 254 g/mol. The average Bonchev–Trinajstić information content (AvgIpc) is 2.26. The van der Waals surface area contributed by atoms with Gasteiger partial charge < -0.3 is 10.1 Å². The molecule has 0 unspecified atom stereocenters. The van der Waals surface area contributed by atoms with Crippen molar-refractivity contribution < 1.29 is 13.2 Å². The maximum absolute atomic E-state index is 11.9. The number of rotatable bonds is 9. The fraction of sp³-hybridized carbons (Fsp3) is 1.00. The molecule has 0 aromatic carbocycles. The molecule has 0 atom stereocenters. The molecule has 18 heavy (non-hydrogen) atoms. The minimum Gasteiger partial charge on any atom is -0.378 e. The van der Waals surface area contributed by atoms with E-state index in [1.165, 1.54) is 4.31 Å². The summed E-state index contributed by atoms with van der Waals surface area (Å²) in [7, 11) is 0.125. The van der Waals surface area contributed by atoms with Gasteiger partial charge >= 0.3 is 0 Å². The maximum Gasteiger partial charge on any atom is 0.279 e. The second-order valence-electron chi connectivity index (χ2n) is 4.65. The summed E-state index contributed by atoms with van der Waals surface area (Å²) in [6.07, 6.45) is 2.58. The largest absolute Gasteiger partial charge is 0.378 e. The zero-order valence-corrected chi connectivity index (χ0v) is 12.3. The molecule has 0 bridgehead atoms. The van der Waals surface area contributed by atoms with Crippen LogP contribution >= 0.6 is 0 Å². The van der Waals surface area contributed by atoms with Gasteiger partial charge in [0.25, 0.3) is 10.2 Å². The van der Waals surface area contributed by atoms with Gasteiger partial charge in [0.1, 0.15) is 0 Å². The van der Waals surface area contributed by atoms with Gasteiger partial charge in [0.2, 0.25) is 0 Å². The fourth-order valence-electron chi connectivity index (χ4n) is 1.93. The highest BCUT2D eigenvalue weighted by Crippen LogP contribution is 2.24. The Morgan fingerprint density at radius 3 is 2.61 bits per heavy atom. The number of hydrogen-bond acceptors (Lipinski definition) is 4. The molecule has 0 saturated heterocycles. The van der Waals surface area contributed by atoms with Crippen LogP contribution in [-0.2, 0) is 14.9 Å². The van der Waals surface area contributed by atoms with Gasteiger partial charge in [-0.25, -0.2) is 0 Å². The van der Waals surface area contributed by atoms with Crippen molar-refractivity contribution in [1.29, 1.82) is 0 Å². The maximum atomic E-state index is 11.9. The molecule has 0 amide bonds. The molecule has 1 saturated carbocycles. The van der Waals surface area contributed by atoms with Crippen LogP contribution in [0.3, 0.4) is 0 Å². The summed E-state index contributed by atoms with van der Waals surface area (Å²) in [5, 5.41) is 3.00. The van der Waals surface area contributed by atoms with E-state index in [0.717, 1.165) is 25.8 Å². The first-order valence-electron chi connectivity index (χ1n) is 6.49. The summed E-state index contributed by atoms with van der Waals surface area (Å²) in [6, 6.07) is 0.0262. The van der Waals surface area contributed by atoms with E-state index in [9.17, 15) is 8.42 Å². The van der Waals surface area contributed by atoms with Gasteiger partial charge in [-0.05, 0) is 39.8 Å². The normalized spacial score (nSPS) is 24.2. The third-order valence-electron chi connectivity index (χ3n) is 3.12. The first kappa shape index (κ1) is 15.8. The molecule has 0 aliphatic heterocycles. The second kappa shape index (κ2) is 7.40. The van der Waals surface area contributed by atoms with E-state index >= 15 is 0 Å². The van der Waals surface area contributed by atoms with E-state index < -0.39 is 10.2 Å². The molecule has 0 aromatic rings. The molecule has 0 heterocycles. The highest BCUT2D eigenvalue weighted by atomic mass is 32.2. The van der Waals surface area contributed by atoms with Crippen LogP contribution in [0, 0.1) is 0 Å². The Labute approximate surface area is 110 Å². The molecule has 1 aliphatic rings. The zero-order valence-electron chi connectivity index (χ0n) is 11.5. The van der Waals surface area contributed by atoms with Crippen LogP contribution in [0.1, 0.15) is 26.2 Å². The number of hydrogen-bond donors (Lipinski definition) is 2. The predicted molar refractivity (Wildman–Crippen MR) is 71.7 cm³/mol. The van der Waals surface area contributed by atoms with Crippen LogP contribution < -0.4 is 10.0 Å². The molecule has 0 aromatic heterocycles. The second-order valence-corrected chi connectivity index (χ2v) is 6.46. The first-order valence-corrected chi connectivity index (χ1v) is 7.93. The lowest BCUT2D eigenvalue weighted by molar-refractivity contribution is -0.00503. The number of nitrogens with zero attached hydrogens (tertiary/aromatic N) is 1. The lowest BCUT2D eigenvalue weighted by Crippen LogP contribution is -2.51. The van der Waals surface area contributed by atoms with Crippen molar-refractivity contribution in [1.82, 2.24) is 14.3 Å². The van der Waals surface area contributed by atoms with Crippen molar-refractivity contribution in [3.05, 3.63) is 0 Å². The molecular formula is C11H25N3O3S. The van der Waals surface area contributed by atoms with Gasteiger partial charge in [-0.3, -0.25) is 0 Å². The van der Waals surface area contributed by atoms with Crippen LogP contribution in [0.2, 0.25) is 0 Å². The molecule has 1 rings (SSSR count). The summed E-state index contributed by atoms with van der Waals surface area (Å²) in [6.45, 7) is 3.98. The Balaban J connectivity index is 2.27. The molecule has 0 radical (unpaired) electrons. The van der Waals surface area contributed by atoms with E-state index in [0.29, 0.717) is 13.2 Å². The van der Waals surface area contributed by atoms with E-state index in [-0.39, 0.29) is 12.1 Å². The quantitative estimate of drug-likeness (QED) is 0.580. The fourth-order valence-corrected chi connectivity index (χ4v) is 3.10. The SMILES string of the molecule is CCOC1CC(NS(=O)(=O)N(C)CCCNC)C1. The van der Waals surface area contributed by atoms with Crippen molar-refractivity contribution in [2.45, 2.75) is 38.3 Å². The van der Waals surface area contributed by atoms with Crippen LogP contribution in [0.15, 0.2) is 0 Å². The van der Waals surface area contributed by atoms with Gasteiger partial charge in [0, 0.05) is 26.2 Å². The summed E-state index contributed by atoms with van der Waals surface area (Å²) in [5.74, 6) is 0. The van der Waals surface area contributed by atoms with Gasteiger partial charge in [0.05, 0.1) is 6.10 Å². The summed E-state index contributed by atoms with van der Waals surface area (Å²) in [5.41, 5.74) is 0. The topological polar surface area (TPSA) is 70.7 Å². The van der Waals surface area contributed by atoms with Crippen LogP contribution in [0.4, 0.5) is 0 Å². The van der Waals surface area contributed by atoms with E-state index in [1.807, 2.05) is 14.0 Å². The van der Waals surface area contributed by atoms with E-state index in [1.54, 1.807) is 7.05 Å². The average molecular weight is 279 g/mol. The number of nitrogens with one attached hydrogen (secondary N) is 2. The zero-order chi connectivity index (χ0) is 13.6. The number of ether oxygens (including phenoxy) is 1. The molecule has 6 nitrogen and oxygen atoms in total. The Hall–Kier alpha value is -0.210. The van der Waals surface area contributed by atoms with Gasteiger partial charge in [-0.2, -0.15) is 17.4 Å². The molecule has 1 fully saturated rings. The highest BCUT2D eigenvalue weighted by molar-refractivity contribution is 7.87. The third-order valence-corrected chi connectivity index (χ3v) is 4.76. The Morgan fingerprint density at radius 2 is 2.06 bits per heavy atom. The molecule has 108 valence electrons. The van der Waals surface area contributed by atoms with Crippen molar-refractivity contribution in [2.24, 2.45) is 0 Å². The standard InChI is InChI=1S/C11H25N3O3S/c1-4-17-11-8-10(9-11)13-18(15,16)14(3)7-5-6-12-2/h10-13H,4-9H2,1-3H3. The Morgan fingerprint density at radius 1 is 1.39 bits per heavy atom. The molecule has 2 N–H and O–H groups in total. The smallest absolute Gasteiger partial charge is 0.279 e. The minimum absolute atomic E-state index is 0.0262. The Bertz CT molecular complexity index is 328. The van der Waals surface area contributed by atoms with Crippen molar-refractivity contribution >= 4 is 10.2 Å². The van der Waals surface area contributed by atoms with E-state index in [2.05, 4.69) is 10.0 Å². The molecule has 0 spiro atoms. The molecule has 1 aliphatic carbocycles. The Kier molecular flexibility index (Phi) is 6.51. The van der Waals surface area contributed by atoms with Crippen LogP contribution in [-0.4, -0.2) is 58.7 Å². The van der Waals surface area contributed by atoms with Crippen LogP contribution in [0.25, 0.3) is 0 Å². The lowest BCUT2D eigenvalue weighted by atomic mass is 9.90. The van der Waals surface area contributed by atoms with E-state index in [4.69, 9.17) is 4.74 Å². The van der Waals surface area contributed by atoms with Crippen molar-refractivity contribution in [3.8, 4) is 0 Å². The van der Waals surface area contributed by atoms with Crippen molar-refractivity contribution in [3.63, 3.8) is 0 Å². The van der Waals surface area contributed by atoms with Gasteiger partial charge in [0.15, 0.2) is 0 Å². The first-order chi connectivity index (χ1) is 8.49. The van der Waals surface area contributed by atoms with Crippen LogP contribution in [0.5, 0.6) is 0 Å². The summed E-state index contributed by atoms with van der Waals surface area (Å²) < 4.78 is 33.4. The minimum atomic E-state index is -3.34. The van der Waals surface area contributed by atoms with Gasteiger partial charge in [-0.15, -0.1) is 0 Å². The lowest BCUT2D eigenvalue weighted by Gasteiger charge is -2.36. The predicted octanol–water partition coefficient (Wildman–Crippen LogP) is -0.0704. The highest BCUT2D eigenvalue weighted by Gasteiger charge is 2.33. The van der Waals surface area contributed by atoms with Gasteiger partial charge in [-0.1, -0.05) is 0 Å².